The van der Waals surface area contributed by atoms with Gasteiger partial charge in [0, 0.05) is 18.1 Å². The minimum Gasteiger partial charge on any atom is -0.350 e. The topological polar surface area (TPSA) is 93.8 Å². The number of hydrogen-bond donors (Lipinski definition) is 1. The van der Waals surface area contributed by atoms with Crippen LogP contribution in [0.2, 0.25) is 0 Å². The van der Waals surface area contributed by atoms with Gasteiger partial charge in [-0.2, -0.15) is 4.98 Å². The zero-order valence-corrected chi connectivity index (χ0v) is 15.0. The maximum Gasteiger partial charge on any atom is 0.280 e. The molecule has 0 aliphatic heterocycles. The van der Waals surface area contributed by atoms with Crippen molar-refractivity contribution < 1.29 is 9.32 Å². The maximum atomic E-state index is 12.3. The Balaban J connectivity index is 1.39. The Bertz CT molecular complexity index is 1030. The molecule has 0 saturated carbocycles. The molecule has 1 N–H and O–H groups in total. The summed E-state index contributed by atoms with van der Waals surface area (Å²) in [5.74, 6) is 0.425. The van der Waals surface area contributed by atoms with E-state index in [-0.39, 0.29) is 11.8 Å². The van der Waals surface area contributed by atoms with E-state index in [9.17, 15) is 4.79 Å². The molecule has 0 unspecified atom stereocenters. The summed E-state index contributed by atoms with van der Waals surface area (Å²) in [7, 11) is 0. The normalized spacial score (nSPS) is 10.7. The molecule has 4 rings (SSSR count). The van der Waals surface area contributed by atoms with E-state index in [1.807, 2.05) is 42.5 Å². The molecule has 0 radical (unpaired) electrons. The Hall–Kier alpha value is -3.39. The Morgan fingerprint density at radius 1 is 1.04 bits per heavy atom. The Labute approximate surface area is 159 Å². The number of carbonyl (C=O) groups excluding carboxylic acids is 1. The first-order valence-corrected chi connectivity index (χ1v) is 9.21. The number of nitrogens with one attached hydrogen (secondary N) is 1. The number of carbonyl (C=O) groups is 1. The number of benzene rings is 1. The summed E-state index contributed by atoms with van der Waals surface area (Å²) in [5.41, 5.74) is 2.26. The molecular weight excluding hydrogens is 362 g/mol. The predicted molar refractivity (Wildman–Crippen MR) is 101 cm³/mol. The second-order valence-electron chi connectivity index (χ2n) is 5.67. The average molecular weight is 377 g/mol. The van der Waals surface area contributed by atoms with E-state index < -0.39 is 0 Å². The number of nitrogens with zero attached hydrogens (tertiary/aromatic N) is 4. The van der Waals surface area contributed by atoms with Crippen LogP contribution < -0.4 is 5.32 Å². The van der Waals surface area contributed by atoms with Crippen LogP contribution in [0.1, 0.15) is 15.4 Å². The highest BCUT2D eigenvalue weighted by atomic mass is 32.1. The lowest BCUT2D eigenvalue weighted by Crippen LogP contribution is -2.25. The Morgan fingerprint density at radius 2 is 1.89 bits per heavy atom. The van der Waals surface area contributed by atoms with Gasteiger partial charge < -0.3 is 9.84 Å². The van der Waals surface area contributed by atoms with Crippen molar-refractivity contribution in [3.63, 3.8) is 0 Å². The van der Waals surface area contributed by atoms with Crippen LogP contribution in [-0.2, 0) is 6.42 Å². The average Bonchev–Trinajstić information content (AvgIpc) is 3.39. The summed E-state index contributed by atoms with van der Waals surface area (Å²) in [6, 6.07) is 15.4. The fraction of sp³-hybridized carbons (Fsp3) is 0.105. The molecule has 134 valence electrons. The molecular formula is C19H15N5O2S. The molecule has 4 aromatic rings. The first kappa shape index (κ1) is 17.0. The van der Waals surface area contributed by atoms with Gasteiger partial charge in [-0.15, -0.1) is 11.3 Å². The van der Waals surface area contributed by atoms with Gasteiger partial charge in [0.1, 0.15) is 11.4 Å². The Morgan fingerprint density at radius 3 is 2.70 bits per heavy atom. The molecule has 1 aromatic carbocycles. The summed E-state index contributed by atoms with van der Waals surface area (Å²) >= 11 is 1.24. The smallest absolute Gasteiger partial charge is 0.280 e. The van der Waals surface area contributed by atoms with Crippen LogP contribution in [0.5, 0.6) is 0 Å². The standard InChI is InChI=1S/C19H15N5O2S/c25-17(21-11-9-13-6-2-1-3-7-13)19-22-15(12-27-19)18-23-16(24-26-18)14-8-4-5-10-20-14/h1-8,10,12H,9,11H2,(H,21,25). The van der Waals surface area contributed by atoms with Crippen LogP contribution in [0.3, 0.4) is 0 Å². The van der Waals surface area contributed by atoms with Crippen molar-refractivity contribution >= 4 is 17.2 Å². The van der Waals surface area contributed by atoms with Gasteiger partial charge in [-0.25, -0.2) is 4.98 Å². The summed E-state index contributed by atoms with van der Waals surface area (Å²) in [4.78, 5) is 25.0. The largest absolute Gasteiger partial charge is 0.350 e. The van der Waals surface area contributed by atoms with Crippen molar-refractivity contribution in [3.05, 3.63) is 70.7 Å². The summed E-state index contributed by atoms with van der Waals surface area (Å²) < 4.78 is 5.25. The molecule has 0 aliphatic rings. The summed E-state index contributed by atoms with van der Waals surface area (Å²) in [6.07, 6.45) is 2.42. The second-order valence-corrected chi connectivity index (χ2v) is 6.53. The monoisotopic (exact) mass is 377 g/mol. The predicted octanol–water partition coefficient (Wildman–Crippen LogP) is 3.23. The molecule has 7 nitrogen and oxygen atoms in total. The molecule has 0 atom stereocenters. The van der Waals surface area contributed by atoms with Crippen LogP contribution in [-0.4, -0.2) is 32.6 Å². The van der Waals surface area contributed by atoms with Gasteiger partial charge in [-0.3, -0.25) is 9.78 Å². The van der Waals surface area contributed by atoms with Gasteiger partial charge in [0.25, 0.3) is 11.8 Å². The van der Waals surface area contributed by atoms with Crippen LogP contribution in [0, 0.1) is 0 Å². The minimum atomic E-state index is -0.216. The van der Waals surface area contributed by atoms with E-state index in [0.29, 0.717) is 28.8 Å². The van der Waals surface area contributed by atoms with Crippen LogP contribution in [0.15, 0.2) is 64.6 Å². The fourth-order valence-electron chi connectivity index (χ4n) is 2.44. The van der Waals surface area contributed by atoms with Gasteiger partial charge in [0.05, 0.1) is 0 Å². The lowest BCUT2D eigenvalue weighted by Gasteiger charge is -2.02. The first-order chi connectivity index (χ1) is 13.3. The minimum absolute atomic E-state index is 0.216. The van der Waals surface area contributed by atoms with Gasteiger partial charge >= 0.3 is 0 Å². The van der Waals surface area contributed by atoms with Gasteiger partial charge in [0.2, 0.25) is 5.82 Å². The van der Waals surface area contributed by atoms with Crippen LogP contribution in [0.4, 0.5) is 0 Å². The van der Waals surface area contributed by atoms with E-state index >= 15 is 0 Å². The fourth-order valence-corrected chi connectivity index (χ4v) is 3.15. The molecule has 1 amide bonds. The third kappa shape index (κ3) is 4.06. The van der Waals surface area contributed by atoms with Crippen molar-refractivity contribution in [3.8, 4) is 23.1 Å². The zero-order chi connectivity index (χ0) is 18.5. The molecule has 3 heterocycles. The molecule has 27 heavy (non-hydrogen) atoms. The van der Waals surface area contributed by atoms with Crippen molar-refractivity contribution in [2.45, 2.75) is 6.42 Å². The number of pyridine rings is 1. The van der Waals surface area contributed by atoms with E-state index in [4.69, 9.17) is 4.52 Å². The van der Waals surface area contributed by atoms with Gasteiger partial charge in [0.15, 0.2) is 5.01 Å². The first-order valence-electron chi connectivity index (χ1n) is 8.33. The number of aromatic nitrogens is 4. The molecule has 8 heteroatoms. The van der Waals surface area contributed by atoms with E-state index in [2.05, 4.69) is 25.4 Å². The van der Waals surface area contributed by atoms with Crippen LogP contribution in [0.25, 0.3) is 23.1 Å². The lowest BCUT2D eigenvalue weighted by atomic mass is 10.1. The Kier molecular flexibility index (Phi) is 4.97. The maximum absolute atomic E-state index is 12.3. The molecule has 0 fully saturated rings. The van der Waals surface area contributed by atoms with Crippen molar-refractivity contribution in [2.24, 2.45) is 0 Å². The quantitative estimate of drug-likeness (QED) is 0.554. The van der Waals surface area contributed by atoms with Crippen LogP contribution >= 0.6 is 11.3 Å². The molecule has 0 bridgehead atoms. The van der Waals surface area contributed by atoms with E-state index in [0.717, 1.165) is 6.42 Å². The highest BCUT2D eigenvalue weighted by Crippen LogP contribution is 2.22. The number of amides is 1. The molecule has 0 aliphatic carbocycles. The highest BCUT2D eigenvalue weighted by molar-refractivity contribution is 7.12. The van der Waals surface area contributed by atoms with E-state index in [1.165, 1.54) is 16.9 Å². The highest BCUT2D eigenvalue weighted by Gasteiger charge is 2.17. The molecule has 0 saturated heterocycles. The number of hydrogen-bond acceptors (Lipinski definition) is 7. The lowest BCUT2D eigenvalue weighted by molar-refractivity contribution is 0.0954. The summed E-state index contributed by atoms with van der Waals surface area (Å²) in [5, 5.41) is 8.87. The zero-order valence-electron chi connectivity index (χ0n) is 14.2. The van der Waals surface area contributed by atoms with Gasteiger partial charge in [-0.1, -0.05) is 41.6 Å². The SMILES string of the molecule is O=C(NCCc1ccccc1)c1nc(-c2nc(-c3ccccn3)no2)cs1. The van der Waals surface area contributed by atoms with Crippen molar-refractivity contribution in [1.29, 1.82) is 0 Å². The summed E-state index contributed by atoms with van der Waals surface area (Å²) in [6.45, 7) is 0.544. The third-order valence-corrected chi connectivity index (χ3v) is 4.62. The third-order valence-electron chi connectivity index (χ3n) is 3.78. The van der Waals surface area contributed by atoms with Gasteiger partial charge in [-0.05, 0) is 24.1 Å². The second kappa shape index (κ2) is 7.88. The van der Waals surface area contributed by atoms with E-state index in [1.54, 1.807) is 17.6 Å². The number of thiazole rings is 1. The number of rotatable bonds is 6. The van der Waals surface area contributed by atoms with Crippen molar-refractivity contribution in [1.82, 2.24) is 25.4 Å². The van der Waals surface area contributed by atoms with Crippen molar-refractivity contribution in [2.75, 3.05) is 6.54 Å². The molecule has 3 aromatic heterocycles. The molecule has 0 spiro atoms.